The van der Waals surface area contributed by atoms with Crippen LogP contribution in [0.15, 0.2) is 11.8 Å². The predicted octanol–water partition coefficient (Wildman–Crippen LogP) is 3.40. The molecule has 1 heterocycles. The highest BCUT2D eigenvalue weighted by atomic mass is 32.2. The molecule has 0 aromatic rings. The van der Waals surface area contributed by atoms with Gasteiger partial charge >= 0.3 is 0 Å². The maximum absolute atomic E-state index is 11.7. The van der Waals surface area contributed by atoms with E-state index >= 15 is 0 Å². The van der Waals surface area contributed by atoms with Crippen LogP contribution in [-0.4, -0.2) is 22.3 Å². The minimum atomic E-state index is -0.616. The predicted molar refractivity (Wildman–Crippen MR) is 72.3 cm³/mol. The van der Waals surface area contributed by atoms with Gasteiger partial charge in [0.05, 0.1) is 12.9 Å². The first-order valence-electron chi connectivity index (χ1n) is 6.89. The van der Waals surface area contributed by atoms with E-state index in [0.29, 0.717) is 0 Å². The van der Waals surface area contributed by atoms with Gasteiger partial charge in [0, 0.05) is 27.7 Å². The molecular formula is C14H24O2S. The molecule has 1 saturated heterocycles. The second-order valence-electron chi connectivity index (χ2n) is 5.54. The van der Waals surface area contributed by atoms with E-state index < -0.39 is 10.8 Å². The Balaban J connectivity index is 1.86. The molecule has 0 N–H and O–H groups in total. The standard InChI is InChI=1S/C14H24O2S/c1-2-14(8-5-9-17(15)12-14)11-16-10-13-6-3-4-7-13/h10H,2-9,11-12H2,1H3. The van der Waals surface area contributed by atoms with E-state index in [0.717, 1.165) is 31.0 Å². The fraction of sp³-hybridized carbons (Fsp3) is 0.857. The van der Waals surface area contributed by atoms with Crippen molar-refractivity contribution in [2.24, 2.45) is 5.41 Å². The van der Waals surface area contributed by atoms with Crippen LogP contribution in [0, 0.1) is 5.41 Å². The Morgan fingerprint density at radius 1 is 1.35 bits per heavy atom. The summed E-state index contributed by atoms with van der Waals surface area (Å²) in [6.07, 6.45) is 10.4. The molecule has 0 spiro atoms. The minimum Gasteiger partial charge on any atom is -0.501 e. The summed E-state index contributed by atoms with van der Waals surface area (Å²) in [4.78, 5) is 0. The smallest absolute Gasteiger partial charge is 0.0938 e. The van der Waals surface area contributed by atoms with Gasteiger partial charge in [-0.2, -0.15) is 0 Å². The van der Waals surface area contributed by atoms with Crippen LogP contribution in [0.25, 0.3) is 0 Å². The van der Waals surface area contributed by atoms with Crippen LogP contribution < -0.4 is 0 Å². The Kier molecular flexibility index (Phi) is 4.66. The number of hydrogen-bond acceptors (Lipinski definition) is 2. The molecule has 2 rings (SSSR count). The zero-order chi connectivity index (χ0) is 12.1. The van der Waals surface area contributed by atoms with E-state index in [9.17, 15) is 4.21 Å². The van der Waals surface area contributed by atoms with Gasteiger partial charge in [-0.25, -0.2) is 0 Å². The normalized spacial score (nSPS) is 33.7. The van der Waals surface area contributed by atoms with Gasteiger partial charge in [0.1, 0.15) is 0 Å². The van der Waals surface area contributed by atoms with Crippen LogP contribution in [0.5, 0.6) is 0 Å². The van der Waals surface area contributed by atoms with Crippen molar-refractivity contribution in [3.05, 3.63) is 11.8 Å². The van der Waals surface area contributed by atoms with Crippen molar-refractivity contribution in [3.8, 4) is 0 Å². The van der Waals surface area contributed by atoms with Gasteiger partial charge in [-0.3, -0.25) is 4.21 Å². The Bertz CT molecular complexity index is 303. The summed E-state index contributed by atoms with van der Waals surface area (Å²) in [5.41, 5.74) is 1.65. The molecule has 98 valence electrons. The second-order valence-corrected chi connectivity index (χ2v) is 7.12. The van der Waals surface area contributed by atoms with Crippen molar-refractivity contribution in [2.45, 2.75) is 51.9 Å². The third-order valence-electron chi connectivity index (χ3n) is 4.18. The molecule has 0 amide bonds. The molecule has 0 aromatic heterocycles. The van der Waals surface area contributed by atoms with Crippen LogP contribution in [0.1, 0.15) is 51.9 Å². The van der Waals surface area contributed by atoms with Crippen LogP contribution in [0.4, 0.5) is 0 Å². The summed E-state index contributed by atoms with van der Waals surface area (Å²) in [6.45, 7) is 2.97. The molecule has 2 aliphatic rings. The van der Waals surface area contributed by atoms with Gasteiger partial charge in [-0.05, 0) is 50.5 Å². The highest BCUT2D eigenvalue weighted by molar-refractivity contribution is 7.85. The maximum Gasteiger partial charge on any atom is 0.0938 e. The molecule has 1 saturated carbocycles. The molecule has 1 aliphatic heterocycles. The number of hydrogen-bond donors (Lipinski definition) is 0. The first-order chi connectivity index (χ1) is 8.24. The van der Waals surface area contributed by atoms with Gasteiger partial charge in [0.25, 0.3) is 0 Å². The van der Waals surface area contributed by atoms with Crippen molar-refractivity contribution in [1.82, 2.24) is 0 Å². The van der Waals surface area contributed by atoms with E-state index in [1.165, 1.54) is 37.7 Å². The van der Waals surface area contributed by atoms with Gasteiger partial charge in [0.15, 0.2) is 0 Å². The molecule has 0 aromatic carbocycles. The lowest BCUT2D eigenvalue weighted by Crippen LogP contribution is -2.36. The average molecular weight is 256 g/mol. The third kappa shape index (κ3) is 3.57. The SMILES string of the molecule is CCC1(COC=C2CCCC2)CCCS(=O)C1. The average Bonchev–Trinajstić information content (AvgIpc) is 2.82. The quantitative estimate of drug-likeness (QED) is 0.721. The number of allylic oxidation sites excluding steroid dienone is 1. The van der Waals surface area contributed by atoms with Crippen LogP contribution in [-0.2, 0) is 15.5 Å². The van der Waals surface area contributed by atoms with E-state index in [1.807, 2.05) is 6.26 Å². The lowest BCUT2D eigenvalue weighted by Gasteiger charge is -2.35. The minimum absolute atomic E-state index is 0.179. The summed E-state index contributed by atoms with van der Waals surface area (Å²) < 4.78 is 17.5. The Morgan fingerprint density at radius 2 is 2.12 bits per heavy atom. The Hall–Kier alpha value is -0.310. The largest absolute Gasteiger partial charge is 0.501 e. The van der Waals surface area contributed by atoms with Crippen molar-refractivity contribution >= 4 is 10.8 Å². The maximum atomic E-state index is 11.7. The van der Waals surface area contributed by atoms with Gasteiger partial charge in [-0.1, -0.05) is 6.92 Å². The van der Waals surface area contributed by atoms with Crippen LogP contribution in [0.2, 0.25) is 0 Å². The van der Waals surface area contributed by atoms with E-state index in [-0.39, 0.29) is 5.41 Å². The first kappa shape index (κ1) is 13.1. The monoisotopic (exact) mass is 256 g/mol. The highest BCUT2D eigenvalue weighted by Crippen LogP contribution is 2.34. The van der Waals surface area contributed by atoms with E-state index in [1.54, 1.807) is 0 Å². The van der Waals surface area contributed by atoms with Crippen molar-refractivity contribution < 1.29 is 8.95 Å². The molecule has 2 fully saturated rings. The lowest BCUT2D eigenvalue weighted by atomic mass is 9.83. The van der Waals surface area contributed by atoms with Crippen LogP contribution in [0.3, 0.4) is 0 Å². The molecule has 17 heavy (non-hydrogen) atoms. The summed E-state index contributed by atoms with van der Waals surface area (Å²) in [5.74, 6) is 1.73. The summed E-state index contributed by atoms with van der Waals surface area (Å²) >= 11 is 0. The van der Waals surface area contributed by atoms with Crippen molar-refractivity contribution in [2.75, 3.05) is 18.1 Å². The van der Waals surface area contributed by atoms with Crippen molar-refractivity contribution in [1.29, 1.82) is 0 Å². The second kappa shape index (κ2) is 6.03. The third-order valence-corrected chi connectivity index (χ3v) is 5.86. The molecule has 0 bridgehead atoms. The van der Waals surface area contributed by atoms with E-state index in [4.69, 9.17) is 4.74 Å². The molecule has 0 radical (unpaired) electrons. The Labute approximate surface area is 107 Å². The van der Waals surface area contributed by atoms with E-state index in [2.05, 4.69) is 6.92 Å². The summed E-state index contributed by atoms with van der Waals surface area (Å²) in [7, 11) is -0.616. The number of rotatable bonds is 4. The molecule has 2 atom stereocenters. The zero-order valence-corrected chi connectivity index (χ0v) is 11.7. The fourth-order valence-electron chi connectivity index (χ4n) is 2.87. The van der Waals surface area contributed by atoms with Gasteiger partial charge < -0.3 is 4.74 Å². The topological polar surface area (TPSA) is 26.3 Å². The van der Waals surface area contributed by atoms with Gasteiger partial charge in [-0.15, -0.1) is 0 Å². The first-order valence-corrected chi connectivity index (χ1v) is 8.37. The summed E-state index contributed by atoms with van der Waals surface area (Å²) in [5, 5.41) is 0. The lowest BCUT2D eigenvalue weighted by molar-refractivity contribution is 0.108. The highest BCUT2D eigenvalue weighted by Gasteiger charge is 2.34. The fourth-order valence-corrected chi connectivity index (χ4v) is 4.60. The number of ether oxygens (including phenoxy) is 1. The van der Waals surface area contributed by atoms with Crippen molar-refractivity contribution in [3.63, 3.8) is 0 Å². The van der Waals surface area contributed by atoms with Crippen LogP contribution >= 0.6 is 0 Å². The Morgan fingerprint density at radius 3 is 2.76 bits per heavy atom. The zero-order valence-electron chi connectivity index (χ0n) is 10.9. The molecule has 2 unspecified atom stereocenters. The molecular weight excluding hydrogens is 232 g/mol. The molecule has 2 nitrogen and oxygen atoms in total. The van der Waals surface area contributed by atoms with Gasteiger partial charge in [0.2, 0.25) is 0 Å². The summed E-state index contributed by atoms with van der Waals surface area (Å²) in [6, 6.07) is 0. The molecule has 3 heteroatoms. The molecule has 1 aliphatic carbocycles.